The van der Waals surface area contributed by atoms with Crippen LogP contribution in [0.1, 0.15) is 26.3 Å². The van der Waals surface area contributed by atoms with E-state index in [1.165, 1.54) is 25.1 Å². The van der Waals surface area contributed by atoms with Crippen LogP contribution in [-0.2, 0) is 14.3 Å². The molecule has 0 aliphatic carbocycles. The summed E-state index contributed by atoms with van der Waals surface area (Å²) in [6.45, 7) is 5.94. The normalized spacial score (nSPS) is 12.4. The van der Waals surface area contributed by atoms with Crippen molar-refractivity contribution in [3.05, 3.63) is 41.7 Å². The van der Waals surface area contributed by atoms with E-state index in [1.54, 1.807) is 12.1 Å². The smallest absolute Gasteiger partial charge is 0.331 e. The lowest BCUT2D eigenvalue weighted by atomic mass is 10.2. The average Bonchev–Trinajstić information content (AvgIpc) is 2.43. The molecule has 0 fully saturated rings. The molecule has 0 bridgehead atoms. The summed E-state index contributed by atoms with van der Waals surface area (Å²) < 4.78 is 18.3. The molecule has 0 aliphatic rings. The Morgan fingerprint density at radius 3 is 2.57 bits per heavy atom. The van der Waals surface area contributed by atoms with Gasteiger partial charge in [-0.05, 0) is 25.0 Å². The highest BCUT2D eigenvalue weighted by Gasteiger charge is 2.16. The van der Waals surface area contributed by atoms with Gasteiger partial charge in [-0.1, -0.05) is 32.0 Å². The lowest BCUT2D eigenvalue weighted by Crippen LogP contribution is -2.37. The highest BCUT2D eigenvalue weighted by molar-refractivity contribution is 5.90. The van der Waals surface area contributed by atoms with Gasteiger partial charge in [0.05, 0.1) is 0 Å². The van der Waals surface area contributed by atoms with Crippen LogP contribution < -0.4 is 5.32 Å². The molecule has 0 heterocycles. The molecule has 1 rings (SSSR count). The van der Waals surface area contributed by atoms with Crippen molar-refractivity contribution >= 4 is 18.0 Å². The molecule has 1 unspecified atom stereocenters. The molecule has 0 radical (unpaired) electrons. The number of esters is 1. The zero-order chi connectivity index (χ0) is 15.8. The number of halogens is 1. The van der Waals surface area contributed by atoms with Gasteiger partial charge >= 0.3 is 5.97 Å². The fourth-order valence-corrected chi connectivity index (χ4v) is 1.48. The molecule has 1 aromatic rings. The van der Waals surface area contributed by atoms with Crippen LogP contribution in [0.5, 0.6) is 0 Å². The second-order valence-electron chi connectivity index (χ2n) is 5.07. The third-order valence-electron chi connectivity index (χ3n) is 2.65. The van der Waals surface area contributed by atoms with Gasteiger partial charge in [-0.2, -0.15) is 0 Å². The Balaban J connectivity index is 2.50. The third kappa shape index (κ3) is 6.21. The van der Waals surface area contributed by atoms with Crippen LogP contribution in [0.4, 0.5) is 4.39 Å². The predicted molar refractivity (Wildman–Crippen MR) is 78.8 cm³/mol. The summed E-state index contributed by atoms with van der Waals surface area (Å²) in [5.74, 6) is -1.15. The molecule has 0 spiro atoms. The first-order chi connectivity index (χ1) is 9.90. The van der Waals surface area contributed by atoms with Crippen LogP contribution in [0.25, 0.3) is 6.08 Å². The topological polar surface area (TPSA) is 55.4 Å². The van der Waals surface area contributed by atoms with Gasteiger partial charge < -0.3 is 10.1 Å². The van der Waals surface area contributed by atoms with Crippen molar-refractivity contribution in [1.29, 1.82) is 0 Å². The Kier molecular flexibility index (Phi) is 6.59. The van der Waals surface area contributed by atoms with Crippen LogP contribution in [0, 0.1) is 11.7 Å². The maximum Gasteiger partial charge on any atom is 0.331 e. The van der Waals surface area contributed by atoms with Crippen molar-refractivity contribution < 1.29 is 18.7 Å². The number of nitrogens with one attached hydrogen (secondary N) is 1. The van der Waals surface area contributed by atoms with E-state index in [1.807, 2.05) is 13.8 Å². The molecular formula is C16H20FNO3. The second kappa shape index (κ2) is 8.19. The standard InChI is InChI=1S/C16H20FNO3/c1-11(2)10-18-16(20)12(3)21-15(19)9-8-13-6-4-5-7-14(13)17/h4-9,11-12H,10H2,1-3H3,(H,18,20)/b9-8+. The molecular weight excluding hydrogens is 273 g/mol. The van der Waals surface area contributed by atoms with Gasteiger partial charge in [0.15, 0.2) is 6.10 Å². The van der Waals surface area contributed by atoms with Crippen molar-refractivity contribution in [2.45, 2.75) is 26.9 Å². The number of amides is 1. The average molecular weight is 293 g/mol. The number of ether oxygens (including phenoxy) is 1. The number of hydrogen-bond acceptors (Lipinski definition) is 3. The van der Waals surface area contributed by atoms with Gasteiger partial charge in [0, 0.05) is 18.2 Å². The van der Waals surface area contributed by atoms with Gasteiger partial charge in [0.1, 0.15) is 5.82 Å². The fraction of sp³-hybridized carbons (Fsp3) is 0.375. The Bertz CT molecular complexity index is 526. The van der Waals surface area contributed by atoms with Gasteiger partial charge in [-0.15, -0.1) is 0 Å². The molecule has 1 N–H and O–H groups in total. The summed E-state index contributed by atoms with van der Waals surface area (Å²) in [6.07, 6.45) is 1.53. The highest BCUT2D eigenvalue weighted by atomic mass is 19.1. The second-order valence-corrected chi connectivity index (χ2v) is 5.07. The monoisotopic (exact) mass is 293 g/mol. The van der Waals surface area contributed by atoms with Crippen molar-refractivity contribution in [3.8, 4) is 0 Å². The minimum Gasteiger partial charge on any atom is -0.449 e. The maximum absolute atomic E-state index is 13.3. The Labute approximate surface area is 124 Å². The lowest BCUT2D eigenvalue weighted by molar-refractivity contribution is -0.150. The lowest BCUT2D eigenvalue weighted by Gasteiger charge is -2.13. The van der Waals surface area contributed by atoms with Gasteiger partial charge in [0.2, 0.25) is 0 Å². The van der Waals surface area contributed by atoms with E-state index >= 15 is 0 Å². The van der Waals surface area contributed by atoms with Crippen LogP contribution in [0.15, 0.2) is 30.3 Å². The number of hydrogen-bond donors (Lipinski definition) is 1. The zero-order valence-corrected chi connectivity index (χ0v) is 12.4. The van der Waals surface area contributed by atoms with E-state index < -0.39 is 17.9 Å². The Hall–Kier alpha value is -2.17. The largest absolute Gasteiger partial charge is 0.449 e. The first-order valence-corrected chi connectivity index (χ1v) is 6.81. The van der Waals surface area contributed by atoms with Crippen molar-refractivity contribution in [2.24, 2.45) is 5.92 Å². The van der Waals surface area contributed by atoms with Crippen molar-refractivity contribution in [2.75, 3.05) is 6.54 Å². The Morgan fingerprint density at radius 2 is 1.95 bits per heavy atom. The molecule has 1 amide bonds. The summed E-state index contributed by atoms with van der Waals surface area (Å²) in [7, 11) is 0. The molecule has 5 heteroatoms. The third-order valence-corrected chi connectivity index (χ3v) is 2.65. The van der Waals surface area contributed by atoms with E-state index in [0.717, 1.165) is 6.08 Å². The SMILES string of the molecule is CC(C)CNC(=O)C(C)OC(=O)/C=C/c1ccccc1F. The summed E-state index contributed by atoms with van der Waals surface area (Å²) in [5, 5.41) is 2.67. The summed E-state index contributed by atoms with van der Waals surface area (Å²) in [5.41, 5.74) is 0.284. The van der Waals surface area contributed by atoms with Crippen LogP contribution in [-0.4, -0.2) is 24.5 Å². The minimum atomic E-state index is -0.887. The molecule has 4 nitrogen and oxygen atoms in total. The first kappa shape index (κ1) is 16.9. The quantitative estimate of drug-likeness (QED) is 0.648. The van der Waals surface area contributed by atoms with E-state index in [2.05, 4.69) is 5.32 Å². The van der Waals surface area contributed by atoms with Crippen LogP contribution in [0.2, 0.25) is 0 Å². The zero-order valence-electron chi connectivity index (χ0n) is 12.4. The van der Waals surface area contributed by atoms with Crippen molar-refractivity contribution in [1.82, 2.24) is 5.32 Å². The molecule has 0 aromatic heterocycles. The highest BCUT2D eigenvalue weighted by Crippen LogP contribution is 2.08. The minimum absolute atomic E-state index is 0.284. The molecule has 1 aromatic carbocycles. The van der Waals surface area contributed by atoms with Gasteiger partial charge in [-0.3, -0.25) is 4.79 Å². The van der Waals surface area contributed by atoms with E-state index in [9.17, 15) is 14.0 Å². The first-order valence-electron chi connectivity index (χ1n) is 6.81. The summed E-state index contributed by atoms with van der Waals surface area (Å²) >= 11 is 0. The molecule has 0 saturated carbocycles. The summed E-state index contributed by atoms with van der Waals surface area (Å²) in [6, 6.07) is 6.06. The van der Waals surface area contributed by atoms with Gasteiger partial charge in [0.25, 0.3) is 5.91 Å². The van der Waals surface area contributed by atoms with Crippen molar-refractivity contribution in [3.63, 3.8) is 0 Å². The van der Waals surface area contributed by atoms with Crippen LogP contribution >= 0.6 is 0 Å². The van der Waals surface area contributed by atoms with Crippen LogP contribution in [0.3, 0.4) is 0 Å². The fourth-order valence-electron chi connectivity index (χ4n) is 1.48. The Morgan fingerprint density at radius 1 is 1.29 bits per heavy atom. The molecule has 0 aliphatic heterocycles. The van der Waals surface area contributed by atoms with E-state index in [4.69, 9.17) is 4.74 Å². The number of carbonyl (C=O) groups excluding carboxylic acids is 2. The summed E-state index contributed by atoms with van der Waals surface area (Å²) in [4.78, 5) is 23.2. The molecule has 0 saturated heterocycles. The number of carbonyl (C=O) groups is 2. The van der Waals surface area contributed by atoms with E-state index in [-0.39, 0.29) is 11.5 Å². The predicted octanol–water partition coefficient (Wildman–Crippen LogP) is 2.54. The van der Waals surface area contributed by atoms with E-state index in [0.29, 0.717) is 12.5 Å². The van der Waals surface area contributed by atoms with Gasteiger partial charge in [-0.25, -0.2) is 9.18 Å². The number of rotatable bonds is 6. The number of benzene rings is 1. The molecule has 1 atom stereocenters. The molecule has 21 heavy (non-hydrogen) atoms. The maximum atomic E-state index is 13.3. The molecule has 114 valence electrons.